The summed E-state index contributed by atoms with van der Waals surface area (Å²) in [6, 6.07) is 12.8. The summed E-state index contributed by atoms with van der Waals surface area (Å²) in [5.41, 5.74) is 1.30. The van der Waals surface area contributed by atoms with Gasteiger partial charge in [0.2, 0.25) is 5.91 Å². The zero-order valence-electron chi connectivity index (χ0n) is 18.4. The molecule has 0 aliphatic rings. The van der Waals surface area contributed by atoms with Gasteiger partial charge >= 0.3 is 0 Å². The maximum Gasteiger partial charge on any atom is 0.262 e. The number of aromatic nitrogens is 3. The first-order valence-electron chi connectivity index (χ1n) is 10.5. The Balaban J connectivity index is 1.49. The van der Waals surface area contributed by atoms with Crippen LogP contribution in [0.25, 0.3) is 21.1 Å². The van der Waals surface area contributed by atoms with E-state index in [0.717, 1.165) is 16.0 Å². The first-order valence-corrected chi connectivity index (χ1v) is 12.3. The van der Waals surface area contributed by atoms with Crippen molar-refractivity contribution >= 4 is 55.3 Å². The fourth-order valence-corrected chi connectivity index (χ4v) is 5.03. The number of amides is 1. The van der Waals surface area contributed by atoms with Crippen LogP contribution in [-0.4, -0.2) is 46.5 Å². The van der Waals surface area contributed by atoms with E-state index in [1.165, 1.54) is 23.1 Å². The van der Waals surface area contributed by atoms with Crippen molar-refractivity contribution in [2.75, 3.05) is 31.4 Å². The lowest BCUT2D eigenvalue weighted by molar-refractivity contribution is -0.113. The van der Waals surface area contributed by atoms with Gasteiger partial charge in [-0.25, -0.2) is 9.97 Å². The number of nitrogens with zero attached hydrogens (tertiary/aromatic N) is 3. The molecule has 0 bridgehead atoms. The molecule has 0 saturated carbocycles. The van der Waals surface area contributed by atoms with E-state index in [9.17, 15) is 9.59 Å². The Morgan fingerprint density at radius 1 is 1.18 bits per heavy atom. The molecule has 172 valence electrons. The Hall–Kier alpha value is -2.95. The van der Waals surface area contributed by atoms with Gasteiger partial charge in [-0.3, -0.25) is 14.2 Å². The van der Waals surface area contributed by atoms with Crippen molar-refractivity contribution in [3.05, 3.63) is 52.8 Å². The third-order valence-corrected chi connectivity index (χ3v) is 6.79. The zero-order valence-corrected chi connectivity index (χ0v) is 20.0. The highest BCUT2D eigenvalue weighted by Gasteiger charge is 2.14. The number of carbonyl (C=O) groups excluding carboxylic acids is 1. The molecule has 2 heterocycles. The second kappa shape index (κ2) is 10.8. The molecule has 10 heteroatoms. The number of hydrogen-bond acceptors (Lipinski definition) is 8. The van der Waals surface area contributed by atoms with Crippen molar-refractivity contribution in [1.29, 1.82) is 0 Å². The summed E-state index contributed by atoms with van der Waals surface area (Å²) in [4.78, 5) is 34.8. The molecule has 0 fully saturated rings. The molecule has 0 aliphatic heterocycles. The maximum absolute atomic E-state index is 13.1. The van der Waals surface area contributed by atoms with Crippen LogP contribution in [0.3, 0.4) is 0 Å². The van der Waals surface area contributed by atoms with E-state index in [2.05, 4.69) is 15.3 Å². The molecule has 2 aromatic heterocycles. The first-order chi connectivity index (χ1) is 16.1. The SMILES string of the molecule is CCOCCCn1c(SCC(=O)Nc2nc3ccc(OC)cc3s2)nc2ccccc2c1=O. The average Bonchev–Trinajstić information content (AvgIpc) is 3.23. The number of ether oxygens (including phenoxy) is 2. The highest BCUT2D eigenvalue weighted by molar-refractivity contribution is 7.99. The minimum absolute atomic E-state index is 0.107. The van der Waals surface area contributed by atoms with Crippen LogP contribution in [-0.2, 0) is 16.1 Å². The standard InChI is InChI=1S/C23H24N4O4S2/c1-3-31-12-6-11-27-21(29)16-7-4-5-8-17(16)25-23(27)32-14-20(28)26-22-24-18-10-9-15(30-2)13-19(18)33-22/h4-5,7-10,13H,3,6,11-12,14H2,1-2H3,(H,24,26,28). The minimum Gasteiger partial charge on any atom is -0.497 e. The molecule has 1 N–H and O–H groups in total. The number of rotatable bonds is 10. The van der Waals surface area contributed by atoms with Crippen molar-refractivity contribution in [2.45, 2.75) is 25.0 Å². The Morgan fingerprint density at radius 3 is 2.85 bits per heavy atom. The van der Waals surface area contributed by atoms with Crippen LogP contribution in [0.2, 0.25) is 0 Å². The summed E-state index contributed by atoms with van der Waals surface area (Å²) in [5.74, 6) is 0.633. The van der Waals surface area contributed by atoms with Gasteiger partial charge in [-0.15, -0.1) is 0 Å². The van der Waals surface area contributed by atoms with Crippen molar-refractivity contribution in [1.82, 2.24) is 14.5 Å². The van der Waals surface area contributed by atoms with Gasteiger partial charge in [0, 0.05) is 19.8 Å². The third-order valence-electron chi connectivity index (χ3n) is 4.88. The number of para-hydroxylation sites is 1. The Bertz CT molecular complexity index is 1340. The van der Waals surface area contributed by atoms with Gasteiger partial charge in [0.25, 0.3) is 5.56 Å². The van der Waals surface area contributed by atoms with Crippen LogP contribution >= 0.6 is 23.1 Å². The van der Waals surface area contributed by atoms with E-state index in [1.54, 1.807) is 23.8 Å². The number of carbonyl (C=O) groups is 1. The van der Waals surface area contributed by atoms with Crippen molar-refractivity contribution < 1.29 is 14.3 Å². The summed E-state index contributed by atoms with van der Waals surface area (Å²) in [7, 11) is 1.61. The lowest BCUT2D eigenvalue weighted by Gasteiger charge is -2.13. The monoisotopic (exact) mass is 484 g/mol. The smallest absolute Gasteiger partial charge is 0.262 e. The van der Waals surface area contributed by atoms with Crippen LogP contribution in [0, 0.1) is 0 Å². The highest BCUT2D eigenvalue weighted by Crippen LogP contribution is 2.29. The summed E-state index contributed by atoms with van der Waals surface area (Å²) in [6.07, 6.45) is 0.683. The number of thiazole rings is 1. The molecule has 1 amide bonds. The largest absolute Gasteiger partial charge is 0.497 e. The van der Waals surface area contributed by atoms with Gasteiger partial charge in [-0.1, -0.05) is 35.2 Å². The fraction of sp³-hybridized carbons (Fsp3) is 0.304. The summed E-state index contributed by atoms with van der Waals surface area (Å²) in [5, 5.41) is 4.44. The van der Waals surface area contributed by atoms with Gasteiger partial charge in [-0.05, 0) is 43.7 Å². The molecular formula is C23H24N4O4S2. The van der Waals surface area contributed by atoms with Crippen molar-refractivity contribution in [3.63, 3.8) is 0 Å². The van der Waals surface area contributed by atoms with Crippen LogP contribution < -0.4 is 15.6 Å². The molecule has 2 aromatic carbocycles. The molecule has 4 aromatic rings. The number of methoxy groups -OCH3 is 1. The molecular weight excluding hydrogens is 460 g/mol. The number of benzene rings is 2. The minimum atomic E-state index is -0.214. The molecule has 0 unspecified atom stereocenters. The third kappa shape index (κ3) is 5.52. The van der Waals surface area contributed by atoms with Gasteiger partial charge in [0.1, 0.15) is 5.75 Å². The number of thioether (sulfide) groups is 1. The normalized spacial score (nSPS) is 11.2. The highest BCUT2D eigenvalue weighted by atomic mass is 32.2. The van der Waals surface area contributed by atoms with Crippen LogP contribution in [0.15, 0.2) is 52.4 Å². The molecule has 33 heavy (non-hydrogen) atoms. The lowest BCUT2D eigenvalue weighted by atomic mass is 10.2. The molecule has 0 aliphatic carbocycles. The molecule has 0 spiro atoms. The number of fused-ring (bicyclic) bond motifs is 2. The number of hydrogen-bond donors (Lipinski definition) is 1. The zero-order chi connectivity index (χ0) is 23.2. The fourth-order valence-electron chi connectivity index (χ4n) is 3.29. The predicted molar refractivity (Wildman–Crippen MR) is 133 cm³/mol. The van der Waals surface area contributed by atoms with Crippen LogP contribution in [0.4, 0.5) is 5.13 Å². The van der Waals surface area contributed by atoms with Gasteiger partial charge < -0.3 is 14.8 Å². The van der Waals surface area contributed by atoms with Crippen molar-refractivity contribution in [2.24, 2.45) is 0 Å². The van der Waals surface area contributed by atoms with E-state index >= 15 is 0 Å². The Morgan fingerprint density at radius 2 is 2.03 bits per heavy atom. The van der Waals surface area contributed by atoms with E-state index < -0.39 is 0 Å². The van der Waals surface area contributed by atoms with E-state index in [1.807, 2.05) is 37.3 Å². The van der Waals surface area contributed by atoms with Crippen molar-refractivity contribution in [3.8, 4) is 5.75 Å². The van der Waals surface area contributed by atoms with E-state index in [0.29, 0.717) is 47.4 Å². The Kier molecular flexibility index (Phi) is 7.58. The van der Waals surface area contributed by atoms with Crippen LogP contribution in [0.1, 0.15) is 13.3 Å². The first kappa shape index (κ1) is 23.2. The summed E-state index contributed by atoms with van der Waals surface area (Å²) >= 11 is 2.62. The van der Waals surface area contributed by atoms with Crippen LogP contribution in [0.5, 0.6) is 5.75 Å². The molecule has 0 saturated heterocycles. The molecule has 0 atom stereocenters. The lowest BCUT2D eigenvalue weighted by Crippen LogP contribution is -2.25. The van der Waals surface area contributed by atoms with Gasteiger partial charge in [0.05, 0.1) is 34.0 Å². The quantitative estimate of drug-likeness (QED) is 0.205. The maximum atomic E-state index is 13.1. The van der Waals surface area contributed by atoms with E-state index in [-0.39, 0.29) is 17.2 Å². The second-order valence-electron chi connectivity index (χ2n) is 7.11. The topological polar surface area (TPSA) is 95.3 Å². The molecule has 4 rings (SSSR count). The van der Waals surface area contributed by atoms with E-state index in [4.69, 9.17) is 9.47 Å². The summed E-state index contributed by atoms with van der Waals surface area (Å²) < 4.78 is 13.2. The summed E-state index contributed by atoms with van der Waals surface area (Å²) in [6.45, 7) is 3.60. The predicted octanol–water partition coefficient (Wildman–Crippen LogP) is 4.17. The molecule has 8 nitrogen and oxygen atoms in total. The second-order valence-corrected chi connectivity index (χ2v) is 9.08. The number of anilines is 1. The van der Waals surface area contributed by atoms with Gasteiger partial charge in [0.15, 0.2) is 10.3 Å². The molecule has 0 radical (unpaired) electrons. The average molecular weight is 485 g/mol. The number of nitrogens with one attached hydrogen (secondary N) is 1. The Labute approximate surface area is 199 Å². The van der Waals surface area contributed by atoms with Gasteiger partial charge in [-0.2, -0.15) is 0 Å².